The molecule has 6 nitrogen and oxygen atoms in total. The van der Waals surface area contributed by atoms with Gasteiger partial charge in [0.2, 0.25) is 5.91 Å². The first-order valence-electron chi connectivity index (χ1n) is 9.84. The zero-order valence-electron chi connectivity index (χ0n) is 16.8. The van der Waals surface area contributed by atoms with Crippen molar-refractivity contribution in [1.82, 2.24) is 20.4 Å². The fourth-order valence-corrected chi connectivity index (χ4v) is 2.99. The van der Waals surface area contributed by atoms with Crippen LogP contribution in [-0.4, -0.2) is 34.2 Å². The van der Waals surface area contributed by atoms with Gasteiger partial charge in [0.1, 0.15) is 11.7 Å². The van der Waals surface area contributed by atoms with Crippen LogP contribution in [0.25, 0.3) is 11.3 Å². The number of benzene rings is 2. The van der Waals surface area contributed by atoms with Crippen LogP contribution in [-0.2, 0) is 11.3 Å². The van der Waals surface area contributed by atoms with Crippen molar-refractivity contribution in [3.8, 4) is 11.3 Å². The Morgan fingerprint density at radius 1 is 1.03 bits per heavy atom. The molecule has 1 heterocycles. The topological polar surface area (TPSA) is 76.0 Å². The number of hydrogen-bond donors (Lipinski definition) is 2. The monoisotopic (exact) mass is 390 g/mol. The second-order valence-corrected chi connectivity index (χ2v) is 6.93. The molecule has 1 atom stereocenters. The van der Waals surface area contributed by atoms with Crippen molar-refractivity contribution in [2.24, 2.45) is 0 Å². The molecule has 0 aliphatic heterocycles. The highest BCUT2D eigenvalue weighted by Crippen LogP contribution is 2.22. The number of nitrogens with one attached hydrogen (secondary N) is 2. The Kier molecular flexibility index (Phi) is 6.79. The lowest BCUT2D eigenvalue weighted by molar-refractivity contribution is -0.122. The zero-order valence-corrected chi connectivity index (χ0v) is 16.8. The first-order valence-corrected chi connectivity index (χ1v) is 9.84. The minimum Gasteiger partial charge on any atom is -0.354 e. The number of hydrogen-bond acceptors (Lipinski definition) is 3. The highest BCUT2D eigenvalue weighted by molar-refractivity contribution is 6.01. The van der Waals surface area contributed by atoms with Gasteiger partial charge >= 0.3 is 0 Å². The van der Waals surface area contributed by atoms with Gasteiger partial charge in [0, 0.05) is 18.3 Å². The van der Waals surface area contributed by atoms with Crippen LogP contribution in [0.15, 0.2) is 66.9 Å². The summed E-state index contributed by atoms with van der Waals surface area (Å²) in [4.78, 5) is 25.1. The van der Waals surface area contributed by atoms with Crippen LogP contribution in [0, 0.1) is 0 Å². The summed E-state index contributed by atoms with van der Waals surface area (Å²) in [6.45, 7) is 4.81. The van der Waals surface area contributed by atoms with Gasteiger partial charge in [-0.25, -0.2) is 0 Å². The Hall–Kier alpha value is -3.41. The summed E-state index contributed by atoms with van der Waals surface area (Å²) in [5, 5.41) is 10.2. The van der Waals surface area contributed by atoms with E-state index in [1.54, 1.807) is 17.8 Å². The third-order valence-corrected chi connectivity index (χ3v) is 4.53. The van der Waals surface area contributed by atoms with Crippen molar-refractivity contribution in [2.75, 3.05) is 6.54 Å². The van der Waals surface area contributed by atoms with Crippen LogP contribution in [0.4, 0.5) is 0 Å². The molecule has 0 radical (unpaired) electrons. The molecular weight excluding hydrogens is 364 g/mol. The number of carbonyl (C=O) groups excluding carboxylic acids is 2. The Labute approximate surface area is 170 Å². The Morgan fingerprint density at radius 3 is 2.34 bits per heavy atom. The summed E-state index contributed by atoms with van der Waals surface area (Å²) >= 11 is 0. The standard InChI is InChI=1S/C23H26N4O2/c1-3-14-24-22(28)17(2)25-23(29)20-16-27(15-18-10-6-4-7-11-18)26-21(20)19-12-8-5-9-13-19/h4-13,16-17H,3,14-15H2,1-2H3,(H,24,28)(H,25,29)/t17-/m0/s1. The van der Waals surface area contributed by atoms with Crippen LogP contribution in [0.2, 0.25) is 0 Å². The lowest BCUT2D eigenvalue weighted by atomic mass is 10.1. The molecule has 0 saturated heterocycles. The van der Waals surface area contributed by atoms with Crippen molar-refractivity contribution >= 4 is 11.8 Å². The number of carbonyl (C=O) groups is 2. The largest absolute Gasteiger partial charge is 0.354 e. The number of rotatable bonds is 8. The highest BCUT2D eigenvalue weighted by atomic mass is 16.2. The number of nitrogens with zero attached hydrogens (tertiary/aromatic N) is 2. The molecule has 0 saturated carbocycles. The van der Waals surface area contributed by atoms with Crippen molar-refractivity contribution in [2.45, 2.75) is 32.9 Å². The maximum atomic E-state index is 12.9. The average Bonchev–Trinajstić information content (AvgIpc) is 3.17. The predicted octanol–water partition coefficient (Wildman–Crippen LogP) is 3.24. The van der Waals surface area contributed by atoms with Crippen LogP contribution in [0.5, 0.6) is 0 Å². The molecule has 29 heavy (non-hydrogen) atoms. The second-order valence-electron chi connectivity index (χ2n) is 6.93. The maximum Gasteiger partial charge on any atom is 0.255 e. The van der Waals surface area contributed by atoms with E-state index in [1.165, 1.54) is 0 Å². The van der Waals surface area contributed by atoms with Crippen LogP contribution in [0.3, 0.4) is 0 Å². The molecule has 2 N–H and O–H groups in total. The predicted molar refractivity (Wildman–Crippen MR) is 113 cm³/mol. The van der Waals surface area contributed by atoms with Gasteiger partial charge in [-0.15, -0.1) is 0 Å². The fourth-order valence-electron chi connectivity index (χ4n) is 2.99. The normalized spacial score (nSPS) is 11.7. The summed E-state index contributed by atoms with van der Waals surface area (Å²) in [7, 11) is 0. The van der Waals surface area contributed by atoms with Gasteiger partial charge in [0.25, 0.3) is 5.91 Å². The van der Waals surface area contributed by atoms with E-state index in [2.05, 4.69) is 15.7 Å². The SMILES string of the molecule is CCCNC(=O)[C@H](C)NC(=O)c1cn(Cc2ccccc2)nc1-c1ccccc1. The van der Waals surface area contributed by atoms with Crippen LogP contribution in [0.1, 0.15) is 36.2 Å². The summed E-state index contributed by atoms with van der Waals surface area (Å²) in [5.74, 6) is -0.513. The molecule has 6 heteroatoms. The summed E-state index contributed by atoms with van der Waals surface area (Å²) in [6, 6.07) is 18.9. The molecule has 3 rings (SSSR count). The van der Waals surface area contributed by atoms with E-state index in [0.717, 1.165) is 17.5 Å². The molecule has 0 spiro atoms. The maximum absolute atomic E-state index is 12.9. The number of amides is 2. The molecule has 0 aliphatic rings. The molecule has 1 aromatic heterocycles. The molecule has 0 bridgehead atoms. The Balaban J connectivity index is 1.85. The average molecular weight is 390 g/mol. The lowest BCUT2D eigenvalue weighted by Crippen LogP contribution is -2.45. The molecule has 0 unspecified atom stereocenters. The van der Waals surface area contributed by atoms with E-state index in [4.69, 9.17) is 0 Å². The van der Waals surface area contributed by atoms with E-state index in [-0.39, 0.29) is 11.8 Å². The summed E-state index contributed by atoms with van der Waals surface area (Å²) in [6.07, 6.45) is 2.58. The van der Waals surface area contributed by atoms with Crippen molar-refractivity contribution in [1.29, 1.82) is 0 Å². The Morgan fingerprint density at radius 2 is 1.69 bits per heavy atom. The van der Waals surface area contributed by atoms with Gasteiger partial charge in [-0.05, 0) is 18.9 Å². The zero-order chi connectivity index (χ0) is 20.6. The molecule has 150 valence electrons. The van der Waals surface area contributed by atoms with Crippen molar-refractivity contribution in [3.05, 3.63) is 78.0 Å². The molecule has 0 aliphatic carbocycles. The Bertz CT molecular complexity index is 952. The van der Waals surface area contributed by atoms with Gasteiger partial charge in [-0.3, -0.25) is 14.3 Å². The van der Waals surface area contributed by atoms with Gasteiger partial charge < -0.3 is 10.6 Å². The van der Waals surface area contributed by atoms with E-state index < -0.39 is 6.04 Å². The molecule has 2 aromatic carbocycles. The van der Waals surface area contributed by atoms with E-state index in [9.17, 15) is 9.59 Å². The van der Waals surface area contributed by atoms with Gasteiger partial charge in [0.05, 0.1) is 12.1 Å². The molecular formula is C23H26N4O2. The highest BCUT2D eigenvalue weighted by Gasteiger charge is 2.22. The van der Waals surface area contributed by atoms with Crippen LogP contribution >= 0.6 is 0 Å². The molecule has 3 aromatic rings. The van der Waals surface area contributed by atoms with Crippen molar-refractivity contribution < 1.29 is 9.59 Å². The number of aromatic nitrogens is 2. The second kappa shape index (κ2) is 9.68. The third-order valence-electron chi connectivity index (χ3n) is 4.53. The molecule has 2 amide bonds. The van der Waals surface area contributed by atoms with E-state index >= 15 is 0 Å². The fraction of sp³-hybridized carbons (Fsp3) is 0.261. The molecule has 0 fully saturated rings. The van der Waals surface area contributed by atoms with Gasteiger partial charge in [-0.1, -0.05) is 67.6 Å². The van der Waals surface area contributed by atoms with Gasteiger partial charge in [-0.2, -0.15) is 5.10 Å². The van der Waals surface area contributed by atoms with E-state index in [1.807, 2.05) is 67.6 Å². The lowest BCUT2D eigenvalue weighted by Gasteiger charge is -2.13. The minimum atomic E-state index is -0.629. The smallest absolute Gasteiger partial charge is 0.255 e. The van der Waals surface area contributed by atoms with Gasteiger partial charge in [0.15, 0.2) is 0 Å². The van der Waals surface area contributed by atoms with E-state index in [0.29, 0.717) is 24.3 Å². The summed E-state index contributed by atoms with van der Waals surface area (Å²) in [5.41, 5.74) is 2.99. The first kappa shape index (κ1) is 20.3. The van der Waals surface area contributed by atoms with Crippen LogP contribution < -0.4 is 10.6 Å². The minimum absolute atomic E-state index is 0.196. The summed E-state index contributed by atoms with van der Waals surface area (Å²) < 4.78 is 1.76. The van der Waals surface area contributed by atoms with Crippen molar-refractivity contribution in [3.63, 3.8) is 0 Å². The quantitative estimate of drug-likeness (QED) is 0.620. The third kappa shape index (κ3) is 5.31. The first-order chi connectivity index (χ1) is 14.1.